The average Bonchev–Trinajstić information content (AvgIpc) is 3.16. The highest BCUT2D eigenvalue weighted by Gasteiger charge is 2.71. The second-order valence-corrected chi connectivity index (χ2v) is 10.3. The molecule has 3 heterocycles. The molecule has 3 amide bonds. The predicted octanol–water partition coefficient (Wildman–Crippen LogP) is 2.87. The molecule has 6 heteroatoms. The minimum atomic E-state index is -1.19. The van der Waals surface area contributed by atoms with Crippen LogP contribution in [0.3, 0.4) is 0 Å². The molecule has 3 aliphatic rings. The van der Waals surface area contributed by atoms with Gasteiger partial charge in [0.1, 0.15) is 5.54 Å². The third-order valence-electron chi connectivity index (χ3n) is 6.82. The van der Waals surface area contributed by atoms with E-state index in [0.717, 1.165) is 28.8 Å². The number of hydrogen-bond donors (Lipinski definition) is 2. The first kappa shape index (κ1) is 20.1. The van der Waals surface area contributed by atoms with Crippen molar-refractivity contribution in [2.45, 2.75) is 72.0 Å². The van der Waals surface area contributed by atoms with Crippen LogP contribution in [0.4, 0.5) is 5.69 Å². The van der Waals surface area contributed by atoms with Crippen LogP contribution >= 0.6 is 0 Å². The van der Waals surface area contributed by atoms with Gasteiger partial charge in [-0.1, -0.05) is 26.0 Å². The summed E-state index contributed by atoms with van der Waals surface area (Å²) in [5.74, 6) is -1.54. The lowest BCUT2D eigenvalue weighted by Crippen LogP contribution is -2.55. The van der Waals surface area contributed by atoms with Crippen LogP contribution in [0.1, 0.15) is 57.7 Å². The number of imide groups is 1. The van der Waals surface area contributed by atoms with E-state index in [4.69, 9.17) is 0 Å². The van der Waals surface area contributed by atoms with Crippen LogP contribution in [0.25, 0.3) is 0 Å². The molecule has 0 aromatic heterocycles. The smallest absolute Gasteiger partial charge is 0.250 e. The van der Waals surface area contributed by atoms with Gasteiger partial charge in [0.2, 0.25) is 17.7 Å². The summed E-state index contributed by atoms with van der Waals surface area (Å²) in [7, 11) is 0. The lowest BCUT2D eigenvalue weighted by molar-refractivity contribution is -0.147. The van der Waals surface area contributed by atoms with Crippen molar-refractivity contribution in [2.24, 2.45) is 17.8 Å². The zero-order chi connectivity index (χ0) is 21.5. The van der Waals surface area contributed by atoms with E-state index in [0.29, 0.717) is 5.92 Å². The maximum atomic E-state index is 13.6. The minimum absolute atomic E-state index is 0.160. The number of rotatable bonds is 2. The number of carbonyl (C=O) groups excluding carboxylic acids is 3. The Kier molecular flexibility index (Phi) is 4.25. The topological polar surface area (TPSA) is 78.5 Å². The first-order chi connectivity index (χ1) is 13.4. The van der Waals surface area contributed by atoms with E-state index in [1.165, 1.54) is 4.90 Å². The van der Waals surface area contributed by atoms with Gasteiger partial charge < -0.3 is 5.32 Å². The van der Waals surface area contributed by atoms with Gasteiger partial charge in [-0.05, 0) is 58.1 Å². The van der Waals surface area contributed by atoms with Gasteiger partial charge in [0.15, 0.2) is 0 Å². The van der Waals surface area contributed by atoms with E-state index in [1.54, 1.807) is 0 Å². The molecule has 156 valence electrons. The summed E-state index contributed by atoms with van der Waals surface area (Å²) < 4.78 is 0. The maximum absolute atomic E-state index is 13.6. The van der Waals surface area contributed by atoms with Crippen LogP contribution in [0.5, 0.6) is 0 Å². The fourth-order valence-electron chi connectivity index (χ4n) is 5.49. The molecule has 1 aromatic rings. The van der Waals surface area contributed by atoms with Crippen molar-refractivity contribution >= 4 is 23.4 Å². The van der Waals surface area contributed by atoms with Gasteiger partial charge >= 0.3 is 0 Å². The SMILES string of the molecule is Cc1ccc2c(c1C)NC(=O)C21NC(CC(C)C)C2C(=O)N(C(C)(C)C)C(=O)C21. The second-order valence-electron chi connectivity index (χ2n) is 10.3. The van der Waals surface area contributed by atoms with Gasteiger partial charge in [-0.3, -0.25) is 24.6 Å². The van der Waals surface area contributed by atoms with Crippen LogP contribution in [0.15, 0.2) is 12.1 Å². The van der Waals surface area contributed by atoms with Crippen LogP contribution in [-0.2, 0) is 19.9 Å². The number of amides is 3. The number of hydrogen-bond acceptors (Lipinski definition) is 4. The molecule has 2 N–H and O–H groups in total. The Morgan fingerprint density at radius 2 is 1.76 bits per heavy atom. The Morgan fingerprint density at radius 1 is 1.10 bits per heavy atom. The predicted molar refractivity (Wildman–Crippen MR) is 111 cm³/mol. The summed E-state index contributed by atoms with van der Waals surface area (Å²) in [5, 5.41) is 6.54. The molecule has 29 heavy (non-hydrogen) atoms. The molecule has 0 aliphatic carbocycles. The van der Waals surface area contributed by atoms with Gasteiger partial charge in [0.25, 0.3) is 0 Å². The van der Waals surface area contributed by atoms with E-state index in [9.17, 15) is 14.4 Å². The molecule has 4 atom stereocenters. The number of anilines is 1. The first-order valence-electron chi connectivity index (χ1n) is 10.5. The number of fused-ring (bicyclic) bond motifs is 4. The molecule has 1 aromatic carbocycles. The zero-order valence-corrected chi connectivity index (χ0v) is 18.3. The Morgan fingerprint density at radius 3 is 2.34 bits per heavy atom. The van der Waals surface area contributed by atoms with Crippen molar-refractivity contribution in [1.82, 2.24) is 10.2 Å². The van der Waals surface area contributed by atoms with Crippen molar-refractivity contribution in [3.05, 3.63) is 28.8 Å². The molecular formula is C23H31N3O3. The number of likely N-dealkylation sites (tertiary alicyclic amines) is 1. The summed E-state index contributed by atoms with van der Waals surface area (Å²) in [6, 6.07) is 3.71. The summed E-state index contributed by atoms with van der Waals surface area (Å²) >= 11 is 0. The van der Waals surface area contributed by atoms with Crippen LogP contribution in [0, 0.1) is 31.6 Å². The Labute approximate surface area is 172 Å². The Balaban J connectivity index is 1.92. The molecule has 3 aliphatic heterocycles. The number of benzene rings is 1. The molecule has 4 rings (SSSR count). The van der Waals surface area contributed by atoms with Crippen molar-refractivity contribution in [3.63, 3.8) is 0 Å². The van der Waals surface area contributed by atoms with E-state index in [2.05, 4.69) is 24.5 Å². The monoisotopic (exact) mass is 397 g/mol. The largest absolute Gasteiger partial charge is 0.324 e. The van der Waals surface area contributed by atoms with Crippen molar-refractivity contribution < 1.29 is 14.4 Å². The molecule has 1 spiro atoms. The fourth-order valence-corrected chi connectivity index (χ4v) is 5.49. The van der Waals surface area contributed by atoms with E-state index in [-0.39, 0.29) is 23.8 Å². The third-order valence-corrected chi connectivity index (χ3v) is 6.82. The first-order valence-corrected chi connectivity index (χ1v) is 10.5. The number of nitrogens with zero attached hydrogens (tertiary/aromatic N) is 1. The van der Waals surface area contributed by atoms with Crippen molar-refractivity contribution in [1.29, 1.82) is 0 Å². The lowest BCUT2D eigenvalue weighted by Gasteiger charge is -2.35. The van der Waals surface area contributed by atoms with E-state index < -0.39 is 22.9 Å². The highest BCUT2D eigenvalue weighted by atomic mass is 16.2. The normalized spacial score (nSPS) is 31.1. The van der Waals surface area contributed by atoms with Crippen LogP contribution in [0.2, 0.25) is 0 Å². The zero-order valence-electron chi connectivity index (χ0n) is 18.3. The van der Waals surface area contributed by atoms with E-state index in [1.807, 2.05) is 46.8 Å². The van der Waals surface area contributed by atoms with Gasteiger partial charge in [0.05, 0.1) is 11.8 Å². The quantitative estimate of drug-likeness (QED) is 0.752. The summed E-state index contributed by atoms with van der Waals surface area (Å²) in [5.41, 5.74) is 1.85. The van der Waals surface area contributed by atoms with Gasteiger partial charge in [0, 0.05) is 22.8 Å². The molecule has 0 radical (unpaired) electrons. The highest BCUT2D eigenvalue weighted by Crippen LogP contribution is 2.55. The molecule has 2 saturated heterocycles. The Hall–Kier alpha value is -2.21. The molecule has 0 saturated carbocycles. The number of carbonyl (C=O) groups is 3. The molecule has 0 bridgehead atoms. The number of aryl methyl sites for hydroxylation is 1. The van der Waals surface area contributed by atoms with Crippen molar-refractivity contribution in [2.75, 3.05) is 5.32 Å². The molecule has 6 nitrogen and oxygen atoms in total. The molecule has 4 unspecified atom stereocenters. The minimum Gasteiger partial charge on any atom is -0.324 e. The standard InChI is InChI=1S/C23H31N3O3/c1-11(2)10-15-16-17(20(28)26(19(16)27)22(5,6)7)23(25-15)14-9-8-12(3)13(4)18(14)24-21(23)29/h8-9,11,15-17,25H,10H2,1-7H3,(H,24,29). The highest BCUT2D eigenvalue weighted by molar-refractivity contribution is 6.15. The van der Waals surface area contributed by atoms with Crippen LogP contribution < -0.4 is 10.6 Å². The number of nitrogens with one attached hydrogen (secondary N) is 2. The summed E-state index contributed by atoms with van der Waals surface area (Å²) in [6.07, 6.45) is 0.730. The average molecular weight is 398 g/mol. The fraction of sp³-hybridized carbons (Fsp3) is 0.609. The lowest BCUT2D eigenvalue weighted by atomic mass is 9.75. The van der Waals surface area contributed by atoms with Gasteiger partial charge in [-0.25, -0.2) is 0 Å². The third kappa shape index (κ3) is 2.54. The second kappa shape index (κ2) is 6.14. The summed E-state index contributed by atoms with van der Waals surface area (Å²) in [6.45, 7) is 13.8. The van der Waals surface area contributed by atoms with E-state index >= 15 is 0 Å². The summed E-state index contributed by atoms with van der Waals surface area (Å²) in [4.78, 5) is 41.9. The van der Waals surface area contributed by atoms with Crippen molar-refractivity contribution in [3.8, 4) is 0 Å². The molecule has 2 fully saturated rings. The Bertz CT molecular complexity index is 930. The van der Waals surface area contributed by atoms with Gasteiger partial charge in [-0.15, -0.1) is 0 Å². The van der Waals surface area contributed by atoms with Crippen LogP contribution in [-0.4, -0.2) is 34.2 Å². The molecular weight excluding hydrogens is 366 g/mol. The van der Waals surface area contributed by atoms with Gasteiger partial charge in [-0.2, -0.15) is 0 Å². The maximum Gasteiger partial charge on any atom is 0.250 e.